The first-order valence-electron chi connectivity index (χ1n) is 12.7. The zero-order valence-electron chi connectivity index (χ0n) is 23.5. The van der Waals surface area contributed by atoms with Crippen molar-refractivity contribution in [3.05, 3.63) is 68.6 Å². The molecule has 10 nitrogen and oxygen atoms in total. The van der Waals surface area contributed by atoms with Gasteiger partial charge in [-0.15, -0.1) is 0 Å². The van der Waals surface area contributed by atoms with Crippen molar-refractivity contribution in [2.24, 2.45) is 0 Å². The fourth-order valence-electron chi connectivity index (χ4n) is 4.68. The lowest BCUT2D eigenvalue weighted by Gasteiger charge is -2.21. The van der Waals surface area contributed by atoms with Crippen molar-refractivity contribution in [2.75, 3.05) is 47.0 Å². The van der Waals surface area contributed by atoms with Crippen LogP contribution >= 0.6 is 0 Å². The molecule has 1 amide bonds. The van der Waals surface area contributed by atoms with Crippen LogP contribution in [0.15, 0.2) is 39.5 Å². The lowest BCUT2D eigenvalue weighted by Crippen LogP contribution is -2.29. The average molecular weight is 557 g/mol. The van der Waals surface area contributed by atoms with Crippen LogP contribution in [0.5, 0.6) is 5.75 Å². The molecule has 0 atom stereocenters. The number of nitrogens with one attached hydrogen (secondary N) is 1. The Kier molecular flexibility index (Phi) is 8.06. The van der Waals surface area contributed by atoms with Crippen LogP contribution in [0.25, 0.3) is 11.0 Å². The van der Waals surface area contributed by atoms with E-state index in [0.29, 0.717) is 35.5 Å². The van der Waals surface area contributed by atoms with Gasteiger partial charge in [-0.2, -0.15) is 12.7 Å². The summed E-state index contributed by atoms with van der Waals surface area (Å²) in [6.07, 6.45) is 1.68. The van der Waals surface area contributed by atoms with E-state index in [9.17, 15) is 18.0 Å². The van der Waals surface area contributed by atoms with Crippen molar-refractivity contribution in [1.82, 2.24) is 14.1 Å². The van der Waals surface area contributed by atoms with Gasteiger partial charge in [-0.1, -0.05) is 12.1 Å². The lowest BCUT2D eigenvalue weighted by atomic mass is 9.92. The Bertz CT molecular complexity index is 1570. The van der Waals surface area contributed by atoms with E-state index in [0.717, 1.165) is 44.8 Å². The summed E-state index contributed by atoms with van der Waals surface area (Å²) in [5.74, 6) is 0.517. The predicted molar refractivity (Wildman–Crippen MR) is 152 cm³/mol. The van der Waals surface area contributed by atoms with Crippen LogP contribution in [0.1, 0.15) is 46.6 Å². The fraction of sp³-hybridized carbons (Fsp3) is 0.429. The molecule has 3 aromatic rings. The molecule has 0 aliphatic heterocycles. The van der Waals surface area contributed by atoms with Gasteiger partial charge in [0.25, 0.3) is 0 Å². The Morgan fingerprint density at radius 3 is 2.36 bits per heavy atom. The van der Waals surface area contributed by atoms with E-state index >= 15 is 0 Å². The van der Waals surface area contributed by atoms with Crippen LogP contribution in [-0.2, 0) is 23.2 Å². The molecule has 1 aliphatic carbocycles. The van der Waals surface area contributed by atoms with Crippen LogP contribution in [0.4, 0.5) is 10.5 Å². The van der Waals surface area contributed by atoms with Gasteiger partial charge in [-0.25, -0.2) is 9.59 Å². The number of ether oxygens (including phenoxy) is 1. The minimum atomic E-state index is -3.70. The molecule has 0 saturated heterocycles. The molecule has 1 fully saturated rings. The van der Waals surface area contributed by atoms with Crippen LogP contribution in [0.3, 0.4) is 0 Å². The zero-order chi connectivity index (χ0) is 28.6. The summed E-state index contributed by atoms with van der Waals surface area (Å²) in [5, 5.41) is 0.792. The Morgan fingerprint density at radius 1 is 1.08 bits per heavy atom. The maximum absolute atomic E-state index is 13.5. The number of benzene rings is 2. The highest BCUT2D eigenvalue weighted by Crippen LogP contribution is 2.46. The summed E-state index contributed by atoms with van der Waals surface area (Å²) < 4.78 is 40.3. The van der Waals surface area contributed by atoms with Crippen molar-refractivity contribution in [2.45, 2.75) is 38.6 Å². The topological polar surface area (TPSA) is 112 Å². The van der Waals surface area contributed by atoms with E-state index in [1.807, 2.05) is 32.0 Å². The van der Waals surface area contributed by atoms with Gasteiger partial charge in [0.05, 0.1) is 5.69 Å². The number of hydrogen-bond donors (Lipinski definition) is 1. The Hall–Kier alpha value is -3.41. The van der Waals surface area contributed by atoms with E-state index in [2.05, 4.69) is 4.72 Å². The number of aryl methyl sites for hydroxylation is 1. The van der Waals surface area contributed by atoms with E-state index in [1.165, 1.54) is 19.0 Å². The molecule has 11 heteroatoms. The Morgan fingerprint density at radius 2 is 1.77 bits per heavy atom. The van der Waals surface area contributed by atoms with Crippen molar-refractivity contribution in [3.63, 3.8) is 0 Å². The summed E-state index contributed by atoms with van der Waals surface area (Å²) in [7, 11) is 6.30. The largest absolute Gasteiger partial charge is 0.422 e. The molecule has 0 spiro atoms. The third-order valence-corrected chi connectivity index (χ3v) is 8.14. The lowest BCUT2D eigenvalue weighted by molar-refractivity contribution is 0.172. The smallest absolute Gasteiger partial charge is 0.414 e. The molecular weight excluding hydrogens is 520 g/mol. The SMILES string of the molecule is Cc1cc(OC(=O)N(C)C)cc2oc(=O)c(Cc3cccc(NS(=O)(=O)N(C)C)c3C3CC3)c(CN(C)C)c12. The molecule has 1 aromatic heterocycles. The van der Waals surface area contributed by atoms with Crippen molar-refractivity contribution >= 4 is 33.0 Å². The van der Waals surface area contributed by atoms with E-state index in [1.54, 1.807) is 38.4 Å². The third kappa shape index (κ3) is 6.26. The molecule has 2 aromatic carbocycles. The van der Waals surface area contributed by atoms with Crippen LogP contribution < -0.4 is 15.1 Å². The van der Waals surface area contributed by atoms with Crippen LogP contribution in [0.2, 0.25) is 0 Å². The van der Waals surface area contributed by atoms with Gasteiger partial charge in [-0.3, -0.25) is 4.72 Å². The molecule has 0 unspecified atom stereocenters. The number of nitrogens with zero attached hydrogens (tertiary/aromatic N) is 3. The van der Waals surface area contributed by atoms with E-state index in [4.69, 9.17) is 9.15 Å². The molecule has 1 N–H and O–H groups in total. The van der Waals surface area contributed by atoms with Crippen molar-refractivity contribution < 1.29 is 22.4 Å². The third-order valence-electron chi connectivity index (χ3n) is 6.70. The molecule has 1 heterocycles. The first-order valence-corrected chi connectivity index (χ1v) is 14.2. The number of carbonyl (C=O) groups excluding carboxylic acids is 1. The van der Waals surface area contributed by atoms with Gasteiger partial charge < -0.3 is 19.0 Å². The molecule has 1 saturated carbocycles. The molecule has 4 rings (SSSR count). The minimum Gasteiger partial charge on any atom is -0.422 e. The molecule has 39 heavy (non-hydrogen) atoms. The maximum atomic E-state index is 13.5. The summed E-state index contributed by atoms with van der Waals surface area (Å²) in [6.45, 7) is 2.38. The second-order valence-corrected chi connectivity index (χ2v) is 12.6. The Labute approximate surface area is 229 Å². The molecular formula is C28H36N4O6S. The summed E-state index contributed by atoms with van der Waals surface area (Å²) in [4.78, 5) is 28.9. The van der Waals surface area contributed by atoms with Gasteiger partial charge >= 0.3 is 21.9 Å². The van der Waals surface area contributed by atoms with Gasteiger partial charge in [0, 0.05) is 58.2 Å². The summed E-state index contributed by atoms with van der Waals surface area (Å²) in [6, 6.07) is 8.85. The van der Waals surface area contributed by atoms with Gasteiger partial charge in [0.2, 0.25) is 0 Å². The number of anilines is 1. The Balaban J connectivity index is 1.85. The maximum Gasteiger partial charge on any atom is 0.414 e. The van der Waals surface area contributed by atoms with Crippen molar-refractivity contribution in [3.8, 4) is 5.75 Å². The monoisotopic (exact) mass is 556 g/mol. The van der Waals surface area contributed by atoms with E-state index < -0.39 is 21.9 Å². The number of rotatable bonds is 9. The minimum absolute atomic E-state index is 0.224. The molecule has 0 bridgehead atoms. The average Bonchev–Trinajstić information content (AvgIpc) is 3.65. The van der Waals surface area contributed by atoms with Gasteiger partial charge in [0.15, 0.2) is 0 Å². The van der Waals surface area contributed by atoms with Gasteiger partial charge in [-0.05, 0) is 74.2 Å². The first kappa shape index (κ1) is 28.6. The van der Waals surface area contributed by atoms with Crippen molar-refractivity contribution in [1.29, 1.82) is 0 Å². The normalized spacial score (nSPS) is 13.8. The summed E-state index contributed by atoms with van der Waals surface area (Å²) in [5.41, 5.74) is 4.37. The number of amides is 1. The highest BCUT2D eigenvalue weighted by Gasteiger charge is 2.31. The molecule has 0 radical (unpaired) electrons. The predicted octanol–water partition coefficient (Wildman–Crippen LogP) is 3.91. The van der Waals surface area contributed by atoms with Crippen LogP contribution in [0, 0.1) is 6.92 Å². The second kappa shape index (κ2) is 11.0. The quantitative estimate of drug-likeness (QED) is 0.398. The molecule has 1 aliphatic rings. The highest BCUT2D eigenvalue weighted by molar-refractivity contribution is 7.90. The van der Waals surface area contributed by atoms with Gasteiger partial charge in [0.1, 0.15) is 11.3 Å². The number of hydrogen-bond acceptors (Lipinski definition) is 7. The summed E-state index contributed by atoms with van der Waals surface area (Å²) >= 11 is 0. The number of fused-ring (bicyclic) bond motifs is 1. The number of carbonyl (C=O) groups is 1. The highest BCUT2D eigenvalue weighted by atomic mass is 32.2. The standard InChI is InChI=1S/C28H36N4O6S/c1-17-13-20(37-28(34)31(4)5)15-24-25(17)22(16-30(2)3)21(27(33)38-24)14-19-9-8-10-23(26(19)18-11-12-18)29-39(35,36)32(6)7/h8-10,13,15,18,29H,11-12,14,16H2,1-7H3. The first-order chi connectivity index (χ1) is 18.3. The zero-order valence-corrected chi connectivity index (χ0v) is 24.3. The molecule has 210 valence electrons. The van der Waals surface area contributed by atoms with E-state index in [-0.39, 0.29) is 5.92 Å². The van der Waals surface area contributed by atoms with Crippen LogP contribution in [-0.4, -0.2) is 70.9 Å². The second-order valence-electron chi connectivity index (χ2n) is 10.7. The fourth-order valence-corrected chi connectivity index (χ4v) is 5.32.